The molecule has 168 valence electrons. The van der Waals surface area contributed by atoms with E-state index >= 15 is 0 Å². The number of carbonyl (C=O) groups excluding carboxylic acids is 2. The van der Waals surface area contributed by atoms with E-state index in [-0.39, 0.29) is 60.0 Å². The molecule has 29 heavy (non-hydrogen) atoms. The molecule has 0 aliphatic carbocycles. The van der Waals surface area contributed by atoms with Crippen LogP contribution in [0.2, 0.25) is 0 Å². The van der Waals surface area contributed by atoms with E-state index in [1.807, 2.05) is 39.5 Å². The molecule has 2 amide bonds. The number of ether oxygens (including phenoxy) is 1. The first kappa shape index (κ1) is 25.8. The smallest absolute Gasteiger partial charge is 0.410 e. The molecule has 0 aromatic heterocycles. The Hall–Kier alpha value is -1.26. The summed E-state index contributed by atoms with van der Waals surface area (Å²) in [5.74, 6) is 0.771. The standard InChI is InChI=1S/C20H37N5O3.HI/c1-13(2)17(26)22-9-10-23-18(21-6)24-14-11-15-7-8-16(12-14)25(15)19(27)28-20(3,4)5;/h13-16H,7-12H2,1-6H3,(H,22,26)(H2,21,23,24);1H. The zero-order chi connectivity index (χ0) is 20.9. The maximum atomic E-state index is 12.5. The average molecular weight is 523 g/mol. The maximum Gasteiger partial charge on any atom is 0.410 e. The van der Waals surface area contributed by atoms with Gasteiger partial charge >= 0.3 is 6.09 Å². The molecule has 9 heteroatoms. The van der Waals surface area contributed by atoms with Gasteiger partial charge in [0.15, 0.2) is 5.96 Å². The van der Waals surface area contributed by atoms with E-state index in [9.17, 15) is 9.59 Å². The molecule has 2 bridgehead atoms. The number of piperidine rings is 1. The van der Waals surface area contributed by atoms with Gasteiger partial charge in [0.1, 0.15) is 5.60 Å². The van der Waals surface area contributed by atoms with Crippen LogP contribution in [0.1, 0.15) is 60.3 Å². The number of hydrogen-bond donors (Lipinski definition) is 3. The van der Waals surface area contributed by atoms with Crippen molar-refractivity contribution in [2.75, 3.05) is 20.1 Å². The van der Waals surface area contributed by atoms with Gasteiger partial charge in [-0.15, -0.1) is 24.0 Å². The van der Waals surface area contributed by atoms with Crippen LogP contribution in [0.15, 0.2) is 4.99 Å². The zero-order valence-electron chi connectivity index (χ0n) is 18.6. The van der Waals surface area contributed by atoms with Gasteiger partial charge in [-0.25, -0.2) is 4.79 Å². The molecule has 2 atom stereocenters. The highest BCUT2D eigenvalue weighted by atomic mass is 127. The highest BCUT2D eigenvalue weighted by Crippen LogP contribution is 2.36. The Bertz CT molecular complexity index is 577. The third kappa shape index (κ3) is 7.82. The molecule has 2 saturated heterocycles. The van der Waals surface area contributed by atoms with Gasteiger partial charge in [0, 0.05) is 44.2 Å². The van der Waals surface area contributed by atoms with Gasteiger partial charge < -0.3 is 25.6 Å². The molecule has 2 rings (SSSR count). The minimum absolute atomic E-state index is 0. The SMILES string of the molecule is CN=C(NCCNC(=O)C(C)C)NC1CC2CCC(C1)N2C(=O)OC(C)(C)C.I. The summed E-state index contributed by atoms with van der Waals surface area (Å²) in [4.78, 5) is 30.4. The first-order chi connectivity index (χ1) is 13.1. The maximum absolute atomic E-state index is 12.5. The van der Waals surface area contributed by atoms with Gasteiger partial charge in [0.2, 0.25) is 5.91 Å². The van der Waals surface area contributed by atoms with Gasteiger partial charge in [-0.05, 0) is 46.5 Å². The number of rotatable bonds is 5. The van der Waals surface area contributed by atoms with Crippen LogP contribution in [-0.2, 0) is 9.53 Å². The van der Waals surface area contributed by atoms with Gasteiger partial charge in [-0.1, -0.05) is 13.8 Å². The molecule has 2 aliphatic heterocycles. The van der Waals surface area contributed by atoms with E-state index in [1.165, 1.54) is 0 Å². The lowest BCUT2D eigenvalue weighted by Gasteiger charge is -2.40. The molecule has 8 nitrogen and oxygen atoms in total. The number of carbonyl (C=O) groups is 2. The summed E-state index contributed by atoms with van der Waals surface area (Å²) >= 11 is 0. The topological polar surface area (TPSA) is 95.1 Å². The van der Waals surface area contributed by atoms with Gasteiger partial charge in [-0.3, -0.25) is 9.79 Å². The normalized spacial score (nSPS) is 24.0. The first-order valence-corrected chi connectivity index (χ1v) is 10.4. The lowest BCUT2D eigenvalue weighted by Crippen LogP contribution is -2.55. The summed E-state index contributed by atoms with van der Waals surface area (Å²) in [5, 5.41) is 9.60. The van der Waals surface area contributed by atoms with Crippen molar-refractivity contribution in [3.63, 3.8) is 0 Å². The van der Waals surface area contributed by atoms with Crippen molar-refractivity contribution >= 4 is 41.9 Å². The number of hydrogen-bond acceptors (Lipinski definition) is 4. The Balaban J connectivity index is 0.00000420. The van der Waals surface area contributed by atoms with Gasteiger partial charge in [0.05, 0.1) is 0 Å². The van der Waals surface area contributed by atoms with E-state index in [4.69, 9.17) is 4.74 Å². The summed E-state index contributed by atoms with van der Waals surface area (Å²) in [5.41, 5.74) is -0.470. The lowest BCUT2D eigenvalue weighted by molar-refractivity contribution is -0.123. The first-order valence-electron chi connectivity index (χ1n) is 10.4. The van der Waals surface area contributed by atoms with Crippen molar-refractivity contribution in [3.05, 3.63) is 0 Å². The van der Waals surface area contributed by atoms with Crippen molar-refractivity contribution in [3.8, 4) is 0 Å². The fourth-order valence-corrected chi connectivity index (χ4v) is 3.87. The van der Waals surface area contributed by atoms with Crippen molar-refractivity contribution < 1.29 is 14.3 Å². The Morgan fingerprint density at radius 2 is 1.66 bits per heavy atom. The molecule has 2 unspecified atom stereocenters. The molecular weight excluding hydrogens is 485 g/mol. The number of halogens is 1. The van der Waals surface area contributed by atoms with Crippen LogP contribution in [0.3, 0.4) is 0 Å². The number of aliphatic imine (C=N–C) groups is 1. The zero-order valence-corrected chi connectivity index (χ0v) is 20.9. The molecule has 0 saturated carbocycles. The molecular formula is C20H38IN5O3. The second kappa shape index (κ2) is 11.2. The fraction of sp³-hybridized carbons (Fsp3) is 0.850. The van der Waals surface area contributed by atoms with Gasteiger partial charge in [0.25, 0.3) is 0 Å². The monoisotopic (exact) mass is 523 g/mol. The predicted octanol–water partition coefficient (Wildman–Crippen LogP) is 2.47. The fourth-order valence-electron chi connectivity index (χ4n) is 3.87. The molecule has 3 N–H and O–H groups in total. The Morgan fingerprint density at radius 3 is 2.14 bits per heavy atom. The minimum atomic E-state index is -0.470. The van der Waals surface area contributed by atoms with Crippen LogP contribution in [0.25, 0.3) is 0 Å². The molecule has 0 aromatic rings. The summed E-state index contributed by atoms with van der Waals surface area (Å²) in [6.07, 6.45) is 3.63. The van der Waals surface area contributed by atoms with E-state index in [0.29, 0.717) is 13.1 Å². The Kier molecular flexibility index (Phi) is 9.97. The predicted molar refractivity (Wildman–Crippen MR) is 126 cm³/mol. The van der Waals surface area contributed by atoms with Crippen LogP contribution >= 0.6 is 24.0 Å². The Morgan fingerprint density at radius 1 is 1.10 bits per heavy atom. The highest BCUT2D eigenvalue weighted by molar-refractivity contribution is 14.0. The quantitative estimate of drug-likeness (QED) is 0.223. The minimum Gasteiger partial charge on any atom is -0.444 e. The van der Waals surface area contributed by atoms with E-state index in [0.717, 1.165) is 31.6 Å². The molecule has 2 aliphatic rings. The van der Waals surface area contributed by atoms with E-state index in [2.05, 4.69) is 20.9 Å². The molecule has 0 radical (unpaired) electrons. The number of fused-ring (bicyclic) bond motifs is 2. The lowest BCUT2D eigenvalue weighted by atomic mass is 9.98. The third-order valence-electron chi connectivity index (χ3n) is 5.14. The summed E-state index contributed by atoms with van der Waals surface area (Å²) in [6, 6.07) is 0.705. The molecule has 0 aromatic carbocycles. The molecule has 0 spiro atoms. The summed E-state index contributed by atoms with van der Waals surface area (Å²) < 4.78 is 5.59. The number of nitrogens with zero attached hydrogens (tertiary/aromatic N) is 2. The second-order valence-electron chi connectivity index (χ2n) is 9.03. The summed E-state index contributed by atoms with van der Waals surface area (Å²) in [6.45, 7) is 10.6. The van der Waals surface area contributed by atoms with Crippen molar-refractivity contribution in [2.24, 2.45) is 10.9 Å². The molecule has 2 heterocycles. The highest BCUT2D eigenvalue weighted by Gasteiger charge is 2.45. The number of nitrogens with one attached hydrogen (secondary N) is 3. The number of guanidine groups is 1. The van der Waals surface area contributed by atoms with Crippen LogP contribution in [0, 0.1) is 5.92 Å². The van der Waals surface area contributed by atoms with Crippen LogP contribution in [-0.4, -0.2) is 66.7 Å². The van der Waals surface area contributed by atoms with Crippen molar-refractivity contribution in [2.45, 2.75) is 84.0 Å². The largest absolute Gasteiger partial charge is 0.444 e. The van der Waals surface area contributed by atoms with Crippen LogP contribution in [0.5, 0.6) is 0 Å². The average Bonchev–Trinajstić information content (AvgIpc) is 2.87. The van der Waals surface area contributed by atoms with Crippen LogP contribution in [0.4, 0.5) is 4.79 Å². The third-order valence-corrected chi connectivity index (χ3v) is 5.14. The van der Waals surface area contributed by atoms with Crippen molar-refractivity contribution in [1.29, 1.82) is 0 Å². The van der Waals surface area contributed by atoms with Gasteiger partial charge in [-0.2, -0.15) is 0 Å². The van der Waals surface area contributed by atoms with E-state index in [1.54, 1.807) is 7.05 Å². The Labute approximate surface area is 192 Å². The second-order valence-corrected chi connectivity index (χ2v) is 9.03. The van der Waals surface area contributed by atoms with E-state index < -0.39 is 5.60 Å². The summed E-state index contributed by atoms with van der Waals surface area (Å²) in [7, 11) is 1.74. The number of amides is 2. The molecule has 2 fully saturated rings. The van der Waals surface area contributed by atoms with Crippen LogP contribution < -0.4 is 16.0 Å². The van der Waals surface area contributed by atoms with Crippen molar-refractivity contribution in [1.82, 2.24) is 20.9 Å².